The molecule has 0 amide bonds. The van der Waals surface area contributed by atoms with Gasteiger partial charge < -0.3 is 5.32 Å². The molecule has 1 unspecified atom stereocenters. The Kier molecular flexibility index (Phi) is 5.68. The summed E-state index contributed by atoms with van der Waals surface area (Å²) in [5, 5.41) is 3.69. The van der Waals surface area contributed by atoms with Crippen LogP contribution in [0.4, 0.5) is 0 Å². The molecule has 1 heterocycles. The highest BCUT2D eigenvalue weighted by Gasteiger charge is 2.18. The Hall–Kier alpha value is -0.340. The van der Waals surface area contributed by atoms with E-state index in [0.717, 1.165) is 24.3 Å². The first-order valence-corrected chi connectivity index (χ1v) is 7.53. The molecule has 1 aromatic rings. The fourth-order valence-electron chi connectivity index (χ4n) is 2.34. The first-order chi connectivity index (χ1) is 7.91. The molecule has 17 heavy (non-hydrogen) atoms. The van der Waals surface area contributed by atoms with Gasteiger partial charge in [0.15, 0.2) is 0 Å². The van der Waals surface area contributed by atoms with Crippen molar-refractivity contribution in [2.24, 2.45) is 17.8 Å². The first-order valence-electron chi connectivity index (χ1n) is 6.71. The lowest BCUT2D eigenvalue weighted by atomic mass is 9.85. The Morgan fingerprint density at radius 3 is 2.06 bits per heavy atom. The Morgan fingerprint density at radius 2 is 1.65 bits per heavy atom. The molecule has 1 nitrogen and oxygen atoms in total. The highest BCUT2D eigenvalue weighted by molar-refractivity contribution is 7.12. The average molecular weight is 253 g/mol. The molecule has 0 saturated carbocycles. The summed E-state index contributed by atoms with van der Waals surface area (Å²) in [6.07, 6.45) is 0. The van der Waals surface area contributed by atoms with Crippen LogP contribution in [-0.2, 0) is 0 Å². The summed E-state index contributed by atoms with van der Waals surface area (Å²) in [5.74, 6) is 2.26. The molecule has 0 spiro atoms. The van der Waals surface area contributed by atoms with Gasteiger partial charge in [0.05, 0.1) is 0 Å². The van der Waals surface area contributed by atoms with Gasteiger partial charge in [-0.3, -0.25) is 0 Å². The van der Waals surface area contributed by atoms with E-state index in [0.29, 0.717) is 6.04 Å². The maximum atomic E-state index is 3.69. The van der Waals surface area contributed by atoms with Gasteiger partial charge in [0.25, 0.3) is 0 Å². The Balaban J connectivity index is 2.49. The van der Waals surface area contributed by atoms with Crippen molar-refractivity contribution in [3.8, 4) is 0 Å². The van der Waals surface area contributed by atoms with Gasteiger partial charge in [0.2, 0.25) is 0 Å². The van der Waals surface area contributed by atoms with Crippen molar-refractivity contribution >= 4 is 11.3 Å². The zero-order chi connectivity index (χ0) is 13.0. The molecule has 0 fully saturated rings. The third kappa shape index (κ3) is 4.44. The second-order valence-electron chi connectivity index (χ2n) is 5.73. The SMILES string of the molecule is Cc1ccc(C(C)NCC(C(C)C)C(C)C)s1. The number of hydrogen-bond acceptors (Lipinski definition) is 2. The summed E-state index contributed by atoms with van der Waals surface area (Å²) >= 11 is 1.90. The van der Waals surface area contributed by atoms with Crippen molar-refractivity contribution < 1.29 is 0 Å². The van der Waals surface area contributed by atoms with E-state index >= 15 is 0 Å². The minimum absolute atomic E-state index is 0.480. The normalized spacial score (nSPS) is 13.9. The fourth-order valence-corrected chi connectivity index (χ4v) is 3.24. The summed E-state index contributed by atoms with van der Waals surface area (Å²) in [5.41, 5.74) is 0. The van der Waals surface area contributed by atoms with Gasteiger partial charge in [-0.05, 0) is 50.3 Å². The molecular formula is C15H27NS. The standard InChI is InChI=1S/C15H27NS/c1-10(2)14(11(3)4)9-16-13(6)15-8-7-12(5)17-15/h7-8,10-11,13-14,16H,9H2,1-6H3. The van der Waals surface area contributed by atoms with E-state index in [1.807, 2.05) is 11.3 Å². The van der Waals surface area contributed by atoms with Gasteiger partial charge in [-0.25, -0.2) is 0 Å². The van der Waals surface area contributed by atoms with Crippen LogP contribution in [0.1, 0.15) is 50.4 Å². The summed E-state index contributed by atoms with van der Waals surface area (Å²) in [7, 11) is 0. The summed E-state index contributed by atoms with van der Waals surface area (Å²) < 4.78 is 0. The van der Waals surface area contributed by atoms with E-state index in [1.54, 1.807) is 0 Å². The van der Waals surface area contributed by atoms with Crippen LogP contribution >= 0.6 is 11.3 Å². The monoisotopic (exact) mass is 253 g/mol. The highest BCUT2D eigenvalue weighted by Crippen LogP contribution is 2.24. The van der Waals surface area contributed by atoms with E-state index < -0.39 is 0 Å². The topological polar surface area (TPSA) is 12.0 Å². The minimum atomic E-state index is 0.480. The maximum Gasteiger partial charge on any atom is 0.0386 e. The molecule has 0 radical (unpaired) electrons. The number of rotatable bonds is 6. The van der Waals surface area contributed by atoms with Crippen LogP contribution in [0.2, 0.25) is 0 Å². The predicted octanol–water partition coefficient (Wildman–Crippen LogP) is 4.64. The van der Waals surface area contributed by atoms with Crippen LogP contribution in [0, 0.1) is 24.7 Å². The molecule has 0 aliphatic carbocycles. The van der Waals surface area contributed by atoms with E-state index in [9.17, 15) is 0 Å². The smallest absolute Gasteiger partial charge is 0.0386 e. The van der Waals surface area contributed by atoms with Gasteiger partial charge >= 0.3 is 0 Å². The Morgan fingerprint density at radius 1 is 1.06 bits per heavy atom. The molecule has 98 valence electrons. The van der Waals surface area contributed by atoms with Crippen molar-refractivity contribution in [3.63, 3.8) is 0 Å². The molecule has 1 aromatic heterocycles. The quantitative estimate of drug-likeness (QED) is 0.779. The number of hydrogen-bond donors (Lipinski definition) is 1. The lowest BCUT2D eigenvalue weighted by molar-refractivity contribution is 0.268. The van der Waals surface area contributed by atoms with Crippen molar-refractivity contribution in [1.82, 2.24) is 5.32 Å². The van der Waals surface area contributed by atoms with E-state index in [4.69, 9.17) is 0 Å². The van der Waals surface area contributed by atoms with Crippen molar-refractivity contribution in [3.05, 3.63) is 21.9 Å². The molecule has 0 aliphatic heterocycles. The maximum absolute atomic E-state index is 3.69. The van der Waals surface area contributed by atoms with Gasteiger partial charge in [-0.1, -0.05) is 27.7 Å². The molecule has 1 N–H and O–H groups in total. The van der Waals surface area contributed by atoms with Gasteiger partial charge in [-0.2, -0.15) is 0 Å². The van der Waals surface area contributed by atoms with E-state index in [-0.39, 0.29) is 0 Å². The zero-order valence-corrected chi connectivity index (χ0v) is 12.9. The first kappa shape index (κ1) is 14.7. The number of nitrogens with one attached hydrogen (secondary N) is 1. The average Bonchev–Trinajstić information content (AvgIpc) is 2.63. The van der Waals surface area contributed by atoms with E-state index in [2.05, 4.69) is 59.0 Å². The van der Waals surface area contributed by atoms with Crippen LogP contribution in [0.25, 0.3) is 0 Å². The third-order valence-electron chi connectivity index (χ3n) is 3.56. The molecule has 1 atom stereocenters. The van der Waals surface area contributed by atoms with Crippen molar-refractivity contribution in [1.29, 1.82) is 0 Å². The number of thiophene rings is 1. The summed E-state index contributed by atoms with van der Waals surface area (Å²) in [6.45, 7) is 14.9. The van der Waals surface area contributed by atoms with Crippen LogP contribution in [0.15, 0.2) is 12.1 Å². The molecule has 0 aromatic carbocycles. The molecule has 1 rings (SSSR count). The lowest BCUT2D eigenvalue weighted by Crippen LogP contribution is -2.31. The van der Waals surface area contributed by atoms with Crippen molar-refractivity contribution in [2.75, 3.05) is 6.54 Å². The Bertz CT molecular complexity index is 319. The molecule has 0 bridgehead atoms. The van der Waals surface area contributed by atoms with Crippen LogP contribution in [0.5, 0.6) is 0 Å². The minimum Gasteiger partial charge on any atom is -0.309 e. The summed E-state index contributed by atoms with van der Waals surface area (Å²) in [6, 6.07) is 4.94. The van der Waals surface area contributed by atoms with Crippen LogP contribution < -0.4 is 5.32 Å². The second kappa shape index (κ2) is 6.55. The van der Waals surface area contributed by atoms with Crippen LogP contribution in [-0.4, -0.2) is 6.54 Å². The largest absolute Gasteiger partial charge is 0.309 e. The van der Waals surface area contributed by atoms with Crippen LogP contribution in [0.3, 0.4) is 0 Å². The zero-order valence-electron chi connectivity index (χ0n) is 12.1. The molecule has 0 saturated heterocycles. The lowest BCUT2D eigenvalue weighted by Gasteiger charge is -2.26. The third-order valence-corrected chi connectivity index (χ3v) is 4.74. The summed E-state index contributed by atoms with van der Waals surface area (Å²) in [4.78, 5) is 2.85. The van der Waals surface area contributed by atoms with Gasteiger partial charge in [-0.15, -0.1) is 11.3 Å². The van der Waals surface area contributed by atoms with Gasteiger partial charge in [0, 0.05) is 15.8 Å². The second-order valence-corrected chi connectivity index (χ2v) is 7.05. The Labute approximate surface area is 111 Å². The molecular weight excluding hydrogens is 226 g/mol. The van der Waals surface area contributed by atoms with Gasteiger partial charge in [0.1, 0.15) is 0 Å². The van der Waals surface area contributed by atoms with E-state index in [1.165, 1.54) is 9.75 Å². The molecule has 2 heteroatoms. The molecule has 0 aliphatic rings. The predicted molar refractivity (Wildman–Crippen MR) is 78.6 cm³/mol. The number of aryl methyl sites for hydroxylation is 1. The van der Waals surface area contributed by atoms with Crippen molar-refractivity contribution in [2.45, 2.75) is 47.6 Å². The highest BCUT2D eigenvalue weighted by atomic mass is 32.1. The fraction of sp³-hybridized carbons (Fsp3) is 0.733.